The van der Waals surface area contributed by atoms with Gasteiger partial charge in [-0.2, -0.15) is 0 Å². The highest BCUT2D eigenvalue weighted by molar-refractivity contribution is 5.42. The van der Waals surface area contributed by atoms with Gasteiger partial charge in [0.15, 0.2) is 0 Å². The van der Waals surface area contributed by atoms with Crippen molar-refractivity contribution in [3.8, 4) is 0 Å². The number of aryl methyl sites for hydroxylation is 3. The van der Waals surface area contributed by atoms with Crippen molar-refractivity contribution in [2.45, 2.75) is 47.1 Å². The number of hydrogen-bond donors (Lipinski definition) is 1. The molecule has 1 heteroatoms. The molecule has 0 aliphatic rings. The number of nitrogens with one attached hydrogen (secondary N) is 1. The van der Waals surface area contributed by atoms with E-state index in [1.165, 1.54) is 27.8 Å². The second-order valence-electron chi connectivity index (χ2n) is 5.05. The van der Waals surface area contributed by atoms with Crippen LogP contribution in [0.25, 0.3) is 0 Å². The maximum atomic E-state index is 4.13. The first kappa shape index (κ1) is 14.0. The maximum absolute atomic E-state index is 4.13. The van der Waals surface area contributed by atoms with E-state index in [2.05, 4.69) is 58.6 Å². The second-order valence-corrected chi connectivity index (χ2v) is 5.05. The van der Waals surface area contributed by atoms with Crippen LogP contribution in [-0.4, -0.2) is 6.54 Å². The highest BCUT2D eigenvalue weighted by Crippen LogP contribution is 2.27. The van der Waals surface area contributed by atoms with Gasteiger partial charge in [0.2, 0.25) is 0 Å². The molecule has 0 aliphatic carbocycles. The van der Waals surface area contributed by atoms with Crippen LogP contribution >= 0.6 is 0 Å². The van der Waals surface area contributed by atoms with E-state index in [0.29, 0.717) is 0 Å². The van der Waals surface area contributed by atoms with Crippen molar-refractivity contribution < 1.29 is 0 Å². The standard InChI is InChI=1S/C16H25N/c1-7-8-17-16(11(2)3)15-13(5)9-12(4)10-14(15)6/h9-10,16-17H,2,7-8H2,1,3-6H3. The molecule has 0 bridgehead atoms. The highest BCUT2D eigenvalue weighted by Gasteiger charge is 2.16. The van der Waals surface area contributed by atoms with Crippen LogP contribution in [0.4, 0.5) is 0 Å². The van der Waals surface area contributed by atoms with Crippen LogP contribution in [0.15, 0.2) is 24.3 Å². The monoisotopic (exact) mass is 231 g/mol. The first-order valence-corrected chi connectivity index (χ1v) is 6.43. The van der Waals surface area contributed by atoms with Gasteiger partial charge in [-0.05, 0) is 57.4 Å². The van der Waals surface area contributed by atoms with Gasteiger partial charge in [-0.25, -0.2) is 0 Å². The van der Waals surface area contributed by atoms with E-state index < -0.39 is 0 Å². The lowest BCUT2D eigenvalue weighted by atomic mass is 9.91. The third-order valence-corrected chi connectivity index (χ3v) is 3.12. The summed E-state index contributed by atoms with van der Waals surface area (Å²) in [6.07, 6.45) is 1.15. The maximum Gasteiger partial charge on any atom is 0.0535 e. The van der Waals surface area contributed by atoms with Crippen LogP contribution < -0.4 is 5.32 Å². The molecule has 0 saturated carbocycles. The van der Waals surface area contributed by atoms with E-state index >= 15 is 0 Å². The van der Waals surface area contributed by atoms with Gasteiger partial charge in [-0.15, -0.1) is 0 Å². The Balaban J connectivity index is 3.14. The molecule has 0 saturated heterocycles. The van der Waals surface area contributed by atoms with E-state index in [0.717, 1.165) is 13.0 Å². The summed E-state index contributed by atoms with van der Waals surface area (Å²) in [5, 5.41) is 3.59. The molecule has 1 unspecified atom stereocenters. The minimum Gasteiger partial charge on any atom is -0.307 e. The number of benzene rings is 1. The lowest BCUT2D eigenvalue weighted by Crippen LogP contribution is -2.24. The predicted octanol–water partition coefficient (Wildman–Crippen LogP) is 4.23. The van der Waals surface area contributed by atoms with E-state index in [1.807, 2.05) is 0 Å². The Hall–Kier alpha value is -1.08. The third-order valence-electron chi connectivity index (χ3n) is 3.12. The van der Waals surface area contributed by atoms with Crippen LogP contribution in [-0.2, 0) is 0 Å². The average Bonchev–Trinajstić information content (AvgIpc) is 2.20. The summed E-state index contributed by atoms with van der Waals surface area (Å²) < 4.78 is 0. The molecule has 94 valence electrons. The van der Waals surface area contributed by atoms with Crippen molar-refractivity contribution in [2.24, 2.45) is 0 Å². The first-order valence-electron chi connectivity index (χ1n) is 6.43. The SMILES string of the molecule is C=C(C)C(NCCC)c1c(C)cc(C)cc1C. The normalized spacial score (nSPS) is 12.5. The van der Waals surface area contributed by atoms with Crippen LogP contribution in [0, 0.1) is 20.8 Å². The molecule has 1 N–H and O–H groups in total. The fourth-order valence-electron chi connectivity index (χ4n) is 2.46. The Morgan fingerprint density at radius 1 is 1.24 bits per heavy atom. The van der Waals surface area contributed by atoms with Gasteiger partial charge >= 0.3 is 0 Å². The Bertz CT molecular complexity index is 381. The molecule has 0 heterocycles. The summed E-state index contributed by atoms with van der Waals surface area (Å²) in [6.45, 7) is 16.0. The Morgan fingerprint density at radius 2 is 1.76 bits per heavy atom. The third kappa shape index (κ3) is 3.44. The second kappa shape index (κ2) is 6.02. The molecular formula is C16H25N. The van der Waals surface area contributed by atoms with E-state index in [9.17, 15) is 0 Å². The summed E-state index contributed by atoms with van der Waals surface area (Å²) in [6, 6.07) is 4.80. The molecule has 1 nitrogen and oxygen atoms in total. The van der Waals surface area contributed by atoms with Gasteiger partial charge in [0.1, 0.15) is 0 Å². The largest absolute Gasteiger partial charge is 0.307 e. The van der Waals surface area contributed by atoms with E-state index in [-0.39, 0.29) is 6.04 Å². The molecule has 1 aromatic rings. The molecule has 0 radical (unpaired) electrons. The molecule has 0 aromatic heterocycles. The van der Waals surface area contributed by atoms with Crippen molar-refractivity contribution in [1.29, 1.82) is 0 Å². The first-order chi connectivity index (χ1) is 7.97. The summed E-state index contributed by atoms with van der Waals surface area (Å²) >= 11 is 0. The zero-order valence-electron chi connectivity index (χ0n) is 11.9. The van der Waals surface area contributed by atoms with Crippen LogP contribution in [0.1, 0.15) is 48.6 Å². The van der Waals surface area contributed by atoms with Gasteiger partial charge in [0, 0.05) is 0 Å². The summed E-state index contributed by atoms with van der Waals surface area (Å²) in [5.74, 6) is 0. The quantitative estimate of drug-likeness (QED) is 0.748. The minimum absolute atomic E-state index is 0.288. The van der Waals surface area contributed by atoms with Gasteiger partial charge < -0.3 is 5.32 Å². The summed E-state index contributed by atoms with van der Waals surface area (Å²) in [7, 11) is 0. The predicted molar refractivity (Wildman–Crippen MR) is 76.5 cm³/mol. The highest BCUT2D eigenvalue weighted by atomic mass is 14.9. The number of rotatable bonds is 5. The van der Waals surface area contributed by atoms with Gasteiger partial charge in [0.05, 0.1) is 6.04 Å². The van der Waals surface area contributed by atoms with Crippen LogP contribution in [0.2, 0.25) is 0 Å². The Labute approximate surface area is 106 Å². The van der Waals surface area contributed by atoms with Crippen LogP contribution in [0.3, 0.4) is 0 Å². The smallest absolute Gasteiger partial charge is 0.0535 e. The molecule has 0 aliphatic heterocycles. The van der Waals surface area contributed by atoms with Crippen molar-refractivity contribution in [3.05, 3.63) is 46.5 Å². The van der Waals surface area contributed by atoms with Gasteiger partial charge in [-0.3, -0.25) is 0 Å². The zero-order chi connectivity index (χ0) is 13.0. The van der Waals surface area contributed by atoms with E-state index in [1.54, 1.807) is 0 Å². The van der Waals surface area contributed by atoms with Gasteiger partial charge in [-0.1, -0.05) is 36.8 Å². The van der Waals surface area contributed by atoms with Gasteiger partial charge in [0.25, 0.3) is 0 Å². The average molecular weight is 231 g/mol. The molecule has 0 amide bonds. The van der Waals surface area contributed by atoms with Crippen molar-refractivity contribution in [2.75, 3.05) is 6.54 Å². The fraction of sp³-hybridized carbons (Fsp3) is 0.500. The Morgan fingerprint density at radius 3 is 2.18 bits per heavy atom. The molecule has 17 heavy (non-hydrogen) atoms. The lowest BCUT2D eigenvalue weighted by molar-refractivity contribution is 0.586. The molecule has 0 fully saturated rings. The van der Waals surface area contributed by atoms with Crippen molar-refractivity contribution >= 4 is 0 Å². The molecule has 1 atom stereocenters. The molecule has 0 spiro atoms. The molecular weight excluding hydrogens is 206 g/mol. The Kier molecular flexibility index (Phi) is 4.95. The lowest BCUT2D eigenvalue weighted by Gasteiger charge is -2.23. The molecule has 1 rings (SSSR count). The molecule has 1 aromatic carbocycles. The zero-order valence-corrected chi connectivity index (χ0v) is 11.9. The van der Waals surface area contributed by atoms with Crippen LogP contribution in [0.5, 0.6) is 0 Å². The number of hydrogen-bond acceptors (Lipinski definition) is 1. The fourth-order valence-corrected chi connectivity index (χ4v) is 2.46. The van der Waals surface area contributed by atoms with E-state index in [4.69, 9.17) is 0 Å². The van der Waals surface area contributed by atoms with Crippen molar-refractivity contribution in [1.82, 2.24) is 5.32 Å². The summed E-state index contributed by atoms with van der Waals surface area (Å²) in [5.41, 5.74) is 6.64. The summed E-state index contributed by atoms with van der Waals surface area (Å²) in [4.78, 5) is 0. The topological polar surface area (TPSA) is 12.0 Å². The minimum atomic E-state index is 0.288. The van der Waals surface area contributed by atoms with Crippen molar-refractivity contribution in [3.63, 3.8) is 0 Å².